The van der Waals surface area contributed by atoms with Crippen LogP contribution in [0, 0.1) is 23.1 Å². The second-order valence-corrected chi connectivity index (χ2v) is 8.94. The van der Waals surface area contributed by atoms with Crippen LogP contribution >= 0.6 is 11.6 Å². The van der Waals surface area contributed by atoms with E-state index in [0.29, 0.717) is 48.2 Å². The molecule has 0 aliphatic heterocycles. The molecule has 0 amide bonds. The lowest BCUT2D eigenvalue weighted by Gasteiger charge is -2.56. The summed E-state index contributed by atoms with van der Waals surface area (Å²) < 4.78 is 19.7. The number of aliphatic hydroxyl groups is 1. The van der Waals surface area contributed by atoms with Crippen LogP contribution in [-0.4, -0.2) is 38.0 Å². The van der Waals surface area contributed by atoms with Crippen molar-refractivity contribution in [3.63, 3.8) is 0 Å². The van der Waals surface area contributed by atoms with Crippen LogP contribution in [0.5, 0.6) is 0 Å². The highest BCUT2D eigenvalue weighted by molar-refractivity contribution is 6.31. The minimum absolute atomic E-state index is 0.298. The molecule has 0 radical (unpaired) electrons. The monoisotopic (exact) mass is 382 g/mol. The van der Waals surface area contributed by atoms with Crippen LogP contribution < -0.4 is 4.90 Å². The Morgan fingerprint density at radius 2 is 2.19 bits per heavy atom. The molecule has 1 aromatic carbocycles. The highest BCUT2D eigenvalue weighted by Gasteiger charge is 2.50. The van der Waals surface area contributed by atoms with Gasteiger partial charge >= 0.3 is 0 Å². The molecule has 0 spiro atoms. The lowest BCUT2D eigenvalue weighted by Crippen LogP contribution is -3.09. The summed E-state index contributed by atoms with van der Waals surface area (Å²) in [6, 6.07) is 4.71. The van der Waals surface area contributed by atoms with Crippen molar-refractivity contribution in [3.8, 4) is 0 Å². The van der Waals surface area contributed by atoms with Gasteiger partial charge < -0.3 is 14.7 Å². The molecule has 4 rings (SSSR count). The summed E-state index contributed by atoms with van der Waals surface area (Å²) in [4.78, 5) is 0.993. The molecule has 2 N–H and O–H groups in total. The van der Waals surface area contributed by atoms with Gasteiger partial charge in [0.15, 0.2) is 0 Å². The summed E-state index contributed by atoms with van der Waals surface area (Å²) in [6.07, 6.45) is 4.18. The van der Waals surface area contributed by atoms with E-state index in [-0.39, 0.29) is 5.82 Å². The van der Waals surface area contributed by atoms with Crippen molar-refractivity contribution in [2.24, 2.45) is 17.3 Å². The number of ether oxygens (including phenoxy) is 1. The molecule has 26 heavy (non-hydrogen) atoms. The first kappa shape index (κ1) is 19.8. The topological polar surface area (TPSA) is 33.9 Å². The molecule has 0 heterocycles. The van der Waals surface area contributed by atoms with Crippen LogP contribution in [0.2, 0.25) is 5.02 Å². The number of allylic oxidation sites excluding steroid dienone is 1. The van der Waals surface area contributed by atoms with Gasteiger partial charge in [-0.3, -0.25) is 0 Å². The third kappa shape index (κ3) is 4.14. The molecule has 1 saturated carbocycles. The number of fused-ring (bicyclic) bond motifs is 1. The largest absolute Gasteiger partial charge is 0.385 e. The Bertz CT molecular complexity index is 656. The van der Waals surface area contributed by atoms with Gasteiger partial charge in [-0.2, -0.15) is 0 Å². The number of likely N-dealkylation sites (N-methyl/N-ethyl adjacent to an activating group) is 1. The fraction of sp³-hybridized carbons (Fsp3) is 0.619. The van der Waals surface area contributed by atoms with Crippen molar-refractivity contribution >= 4 is 11.6 Å². The molecule has 0 saturated heterocycles. The Morgan fingerprint density at radius 1 is 1.42 bits per heavy atom. The first-order valence-corrected chi connectivity index (χ1v) is 9.85. The molecule has 3 aliphatic rings. The molecule has 3 aliphatic carbocycles. The highest BCUT2D eigenvalue weighted by atomic mass is 35.5. The summed E-state index contributed by atoms with van der Waals surface area (Å²) in [5.74, 6) is 1.16. The van der Waals surface area contributed by atoms with Gasteiger partial charge in [-0.25, -0.2) is 4.39 Å². The number of hydrogen-bond acceptors (Lipinski definition) is 2. The van der Waals surface area contributed by atoms with Crippen molar-refractivity contribution in [3.05, 3.63) is 46.3 Å². The second kappa shape index (κ2) is 7.97. The van der Waals surface area contributed by atoms with E-state index < -0.39 is 6.10 Å². The molecule has 3 nitrogen and oxygen atoms in total. The maximum Gasteiger partial charge on any atom is 0.133 e. The lowest BCUT2D eigenvalue weighted by molar-refractivity contribution is -0.897. The predicted molar refractivity (Wildman–Crippen MR) is 102 cm³/mol. The molecule has 2 bridgehead atoms. The van der Waals surface area contributed by atoms with E-state index in [1.54, 1.807) is 12.1 Å². The van der Waals surface area contributed by atoms with Crippen molar-refractivity contribution in [2.45, 2.75) is 39.3 Å². The first-order chi connectivity index (χ1) is 12.3. The molecule has 1 aromatic rings. The van der Waals surface area contributed by atoms with Gasteiger partial charge in [0.2, 0.25) is 0 Å². The Hall–Kier alpha value is -0.940. The van der Waals surface area contributed by atoms with E-state index in [2.05, 4.69) is 19.9 Å². The average Bonchev–Trinajstić information content (AvgIpc) is 2.58. The van der Waals surface area contributed by atoms with Gasteiger partial charge in [0, 0.05) is 0 Å². The lowest BCUT2D eigenvalue weighted by atomic mass is 9.49. The Kier molecular flexibility index (Phi) is 6.07. The van der Waals surface area contributed by atoms with Gasteiger partial charge in [0.05, 0.1) is 30.8 Å². The first-order valence-electron chi connectivity index (χ1n) is 9.48. The number of hydrogen-bond donors (Lipinski definition) is 2. The Balaban J connectivity index is 1.42. The number of nitrogens with one attached hydrogen (secondary N) is 1. The number of quaternary nitrogens is 1. The van der Waals surface area contributed by atoms with E-state index in [0.717, 1.165) is 17.2 Å². The van der Waals surface area contributed by atoms with Crippen LogP contribution in [0.15, 0.2) is 29.8 Å². The minimum Gasteiger partial charge on any atom is -0.385 e. The van der Waals surface area contributed by atoms with Gasteiger partial charge in [-0.05, 0) is 47.8 Å². The van der Waals surface area contributed by atoms with Crippen LogP contribution in [0.1, 0.15) is 32.3 Å². The number of halogens is 2. The molecule has 1 unspecified atom stereocenters. The van der Waals surface area contributed by atoms with Gasteiger partial charge in [-0.1, -0.05) is 37.6 Å². The average molecular weight is 383 g/mol. The minimum atomic E-state index is -0.577. The van der Waals surface area contributed by atoms with Crippen LogP contribution in [0.25, 0.3) is 0 Å². The maximum atomic E-state index is 13.9. The van der Waals surface area contributed by atoms with E-state index in [1.807, 2.05) is 7.05 Å². The van der Waals surface area contributed by atoms with Gasteiger partial charge in [0.25, 0.3) is 0 Å². The fourth-order valence-corrected chi connectivity index (χ4v) is 4.72. The molecular formula is C21H30ClFNO2+. The second-order valence-electron chi connectivity index (χ2n) is 8.53. The van der Waals surface area contributed by atoms with Crippen molar-refractivity contribution < 1.29 is 19.1 Å². The van der Waals surface area contributed by atoms with Crippen LogP contribution in [0.3, 0.4) is 0 Å². The van der Waals surface area contributed by atoms with E-state index in [4.69, 9.17) is 16.3 Å². The molecule has 144 valence electrons. The number of aliphatic hydroxyl groups excluding tert-OH is 1. The zero-order valence-corrected chi connectivity index (χ0v) is 16.7. The quantitative estimate of drug-likeness (QED) is 0.678. The highest BCUT2D eigenvalue weighted by Crippen LogP contribution is 2.59. The molecular weight excluding hydrogens is 353 g/mol. The third-order valence-corrected chi connectivity index (χ3v) is 6.64. The normalized spacial score (nSPS) is 26.0. The summed E-state index contributed by atoms with van der Waals surface area (Å²) >= 11 is 6.07. The Labute approximate surface area is 160 Å². The number of benzene rings is 1. The van der Waals surface area contributed by atoms with E-state index >= 15 is 0 Å². The maximum absolute atomic E-state index is 13.9. The SMILES string of the molecule is C[NH+](Cc1c(F)cccc1Cl)C[C@@H](O)COCC1=CC[C@@H]2C[C@H]1C2(C)C. The van der Waals surface area contributed by atoms with E-state index in [1.165, 1.54) is 18.1 Å². The van der Waals surface area contributed by atoms with Gasteiger partial charge in [0.1, 0.15) is 25.0 Å². The van der Waals surface area contributed by atoms with Crippen LogP contribution in [0.4, 0.5) is 4.39 Å². The smallest absolute Gasteiger partial charge is 0.133 e. The van der Waals surface area contributed by atoms with Crippen LogP contribution in [-0.2, 0) is 11.3 Å². The predicted octanol–water partition coefficient (Wildman–Crippen LogP) is 2.86. The summed E-state index contributed by atoms with van der Waals surface area (Å²) in [5, 5.41) is 10.7. The third-order valence-electron chi connectivity index (χ3n) is 6.29. The summed E-state index contributed by atoms with van der Waals surface area (Å²) in [5.41, 5.74) is 2.28. The summed E-state index contributed by atoms with van der Waals surface area (Å²) in [7, 11) is 1.92. The molecule has 5 heteroatoms. The zero-order valence-electron chi connectivity index (χ0n) is 15.9. The standard InChI is InChI=1S/C21H29ClFNO2/c1-21(2)15-8-7-14(18(21)9-15)12-26-13-16(25)10-24(3)11-17-19(22)5-4-6-20(17)23/h4-7,15-16,18,25H,8-13H2,1-3H3/p+1/t15-,16-,18-/m1/s1. The fourth-order valence-electron chi connectivity index (χ4n) is 4.49. The van der Waals surface area contributed by atoms with Crippen molar-refractivity contribution in [1.82, 2.24) is 0 Å². The zero-order chi connectivity index (χ0) is 18.9. The van der Waals surface area contributed by atoms with E-state index in [9.17, 15) is 9.50 Å². The molecule has 0 aromatic heterocycles. The molecule has 1 fully saturated rings. The summed E-state index contributed by atoms with van der Waals surface area (Å²) in [6.45, 7) is 6.53. The van der Waals surface area contributed by atoms with Crippen molar-refractivity contribution in [2.75, 3.05) is 26.8 Å². The number of rotatable bonds is 8. The molecule has 4 atom stereocenters. The Morgan fingerprint density at radius 3 is 2.85 bits per heavy atom. The van der Waals surface area contributed by atoms with Gasteiger partial charge in [-0.15, -0.1) is 0 Å². The van der Waals surface area contributed by atoms with Crippen molar-refractivity contribution in [1.29, 1.82) is 0 Å².